The first-order valence-corrected chi connectivity index (χ1v) is 10.5. The van der Waals surface area contributed by atoms with Crippen LogP contribution in [0.25, 0.3) is 0 Å². The van der Waals surface area contributed by atoms with Crippen molar-refractivity contribution in [1.82, 2.24) is 20.0 Å². The third-order valence-electron chi connectivity index (χ3n) is 5.36. The highest BCUT2D eigenvalue weighted by Crippen LogP contribution is 2.32. The fraction of sp³-hybridized carbons (Fsp3) is 0.476. The number of hydrogen-bond donors (Lipinski definition) is 1. The first kappa shape index (κ1) is 22.1. The lowest BCUT2D eigenvalue weighted by molar-refractivity contribution is -0.137. The SMILES string of the molecule is CCN(CC)C(=O)c1cn[nH]c1[C@@H]1CCCCN1C(=O)COc1ccc(F)c(Cl)c1. The van der Waals surface area contributed by atoms with E-state index < -0.39 is 5.82 Å². The summed E-state index contributed by atoms with van der Waals surface area (Å²) in [5, 5.41) is 6.96. The Morgan fingerprint density at radius 1 is 1.33 bits per heavy atom. The van der Waals surface area contributed by atoms with Gasteiger partial charge in [-0.15, -0.1) is 0 Å². The first-order valence-electron chi connectivity index (χ1n) is 10.2. The third-order valence-corrected chi connectivity index (χ3v) is 5.65. The number of carbonyl (C=O) groups excluding carboxylic acids is 2. The monoisotopic (exact) mass is 436 g/mol. The van der Waals surface area contributed by atoms with Crippen LogP contribution in [0.5, 0.6) is 5.75 Å². The minimum Gasteiger partial charge on any atom is -0.484 e. The van der Waals surface area contributed by atoms with Crippen LogP contribution in [0.15, 0.2) is 24.4 Å². The molecule has 0 unspecified atom stereocenters. The molecule has 0 radical (unpaired) electrons. The van der Waals surface area contributed by atoms with Gasteiger partial charge in [0, 0.05) is 25.7 Å². The molecule has 3 rings (SSSR count). The maximum Gasteiger partial charge on any atom is 0.261 e. The Balaban J connectivity index is 1.75. The molecule has 1 fully saturated rings. The van der Waals surface area contributed by atoms with Crippen LogP contribution < -0.4 is 4.74 Å². The lowest BCUT2D eigenvalue weighted by Crippen LogP contribution is -2.42. The summed E-state index contributed by atoms with van der Waals surface area (Å²) in [5.41, 5.74) is 1.15. The van der Waals surface area contributed by atoms with Crippen LogP contribution in [0.1, 0.15) is 55.2 Å². The van der Waals surface area contributed by atoms with Gasteiger partial charge in [0.05, 0.1) is 28.5 Å². The summed E-state index contributed by atoms with van der Waals surface area (Å²) < 4.78 is 18.8. The predicted molar refractivity (Wildman–Crippen MR) is 111 cm³/mol. The second-order valence-electron chi connectivity index (χ2n) is 7.14. The average molecular weight is 437 g/mol. The number of halogens is 2. The highest BCUT2D eigenvalue weighted by atomic mass is 35.5. The molecule has 162 valence electrons. The Kier molecular flexibility index (Phi) is 7.31. The zero-order valence-corrected chi connectivity index (χ0v) is 17.9. The zero-order valence-electron chi connectivity index (χ0n) is 17.2. The van der Waals surface area contributed by atoms with Gasteiger partial charge in [-0.1, -0.05) is 11.6 Å². The summed E-state index contributed by atoms with van der Waals surface area (Å²) in [4.78, 5) is 29.2. The number of aromatic nitrogens is 2. The standard InChI is InChI=1S/C21H26ClFN4O3/c1-3-26(4-2)21(29)15-12-24-25-20(15)18-7-5-6-10-27(18)19(28)13-30-14-8-9-17(23)16(22)11-14/h8-9,11-12,18H,3-7,10,13H2,1-2H3,(H,24,25)/t18-/m0/s1. The van der Waals surface area contributed by atoms with E-state index in [1.807, 2.05) is 13.8 Å². The number of H-pyrrole nitrogens is 1. The minimum atomic E-state index is -0.545. The van der Waals surface area contributed by atoms with Crippen LogP contribution in [0, 0.1) is 5.82 Å². The third kappa shape index (κ3) is 4.75. The number of piperidine rings is 1. The number of ether oxygens (including phenoxy) is 1. The number of nitrogens with one attached hydrogen (secondary N) is 1. The first-order chi connectivity index (χ1) is 14.5. The smallest absolute Gasteiger partial charge is 0.261 e. The van der Waals surface area contributed by atoms with E-state index in [9.17, 15) is 14.0 Å². The molecule has 1 aliphatic heterocycles. The van der Waals surface area contributed by atoms with E-state index in [2.05, 4.69) is 10.2 Å². The van der Waals surface area contributed by atoms with Crippen molar-refractivity contribution in [2.45, 2.75) is 39.2 Å². The number of rotatable bonds is 7. The molecule has 0 saturated carbocycles. The zero-order chi connectivity index (χ0) is 21.7. The van der Waals surface area contributed by atoms with Crippen LogP contribution in [0.4, 0.5) is 4.39 Å². The summed E-state index contributed by atoms with van der Waals surface area (Å²) >= 11 is 5.77. The Morgan fingerprint density at radius 3 is 2.80 bits per heavy atom. The van der Waals surface area contributed by atoms with E-state index in [-0.39, 0.29) is 29.5 Å². The van der Waals surface area contributed by atoms with Gasteiger partial charge < -0.3 is 14.5 Å². The molecule has 1 aromatic heterocycles. The minimum absolute atomic E-state index is 0.0622. The van der Waals surface area contributed by atoms with Crippen molar-refractivity contribution in [1.29, 1.82) is 0 Å². The molecule has 1 atom stereocenters. The van der Waals surface area contributed by atoms with Crippen molar-refractivity contribution in [3.05, 3.63) is 46.5 Å². The van der Waals surface area contributed by atoms with Crippen LogP contribution >= 0.6 is 11.6 Å². The molecule has 2 heterocycles. The summed E-state index contributed by atoms with van der Waals surface area (Å²) in [7, 11) is 0. The molecule has 0 aliphatic carbocycles. The summed E-state index contributed by atoms with van der Waals surface area (Å²) in [6.45, 7) is 5.41. The van der Waals surface area contributed by atoms with Gasteiger partial charge in [0.1, 0.15) is 11.6 Å². The van der Waals surface area contributed by atoms with Crippen molar-refractivity contribution >= 4 is 23.4 Å². The molecule has 1 N–H and O–H groups in total. The Morgan fingerprint density at radius 2 is 2.10 bits per heavy atom. The van der Waals surface area contributed by atoms with Gasteiger partial charge in [-0.05, 0) is 45.2 Å². The highest BCUT2D eigenvalue weighted by Gasteiger charge is 2.33. The van der Waals surface area contributed by atoms with Crippen LogP contribution in [-0.2, 0) is 4.79 Å². The molecule has 0 bridgehead atoms. The van der Waals surface area contributed by atoms with Gasteiger partial charge in [0.2, 0.25) is 0 Å². The van der Waals surface area contributed by atoms with E-state index in [4.69, 9.17) is 16.3 Å². The lowest BCUT2D eigenvalue weighted by Gasteiger charge is -2.35. The van der Waals surface area contributed by atoms with Gasteiger partial charge >= 0.3 is 0 Å². The van der Waals surface area contributed by atoms with E-state index in [0.29, 0.717) is 36.6 Å². The predicted octanol–water partition coefficient (Wildman–Crippen LogP) is 3.82. The average Bonchev–Trinajstić information content (AvgIpc) is 3.25. The molecule has 1 aromatic carbocycles. The molecule has 1 aliphatic rings. The Bertz CT molecular complexity index is 900. The second-order valence-corrected chi connectivity index (χ2v) is 7.55. The Hall–Kier alpha value is -2.61. The van der Waals surface area contributed by atoms with E-state index >= 15 is 0 Å². The van der Waals surface area contributed by atoms with Gasteiger partial charge in [-0.2, -0.15) is 5.10 Å². The molecule has 2 aromatic rings. The number of likely N-dealkylation sites (tertiary alicyclic amines) is 1. The van der Waals surface area contributed by atoms with Crippen molar-refractivity contribution in [2.75, 3.05) is 26.2 Å². The van der Waals surface area contributed by atoms with Crippen LogP contribution in [-0.4, -0.2) is 58.1 Å². The number of benzene rings is 1. The second kappa shape index (κ2) is 9.93. The maximum atomic E-state index is 13.3. The van der Waals surface area contributed by atoms with Gasteiger partial charge in [0.15, 0.2) is 6.61 Å². The number of hydrogen-bond acceptors (Lipinski definition) is 4. The number of aromatic amines is 1. The molecule has 30 heavy (non-hydrogen) atoms. The molecule has 2 amide bonds. The van der Waals surface area contributed by atoms with Gasteiger partial charge in [-0.25, -0.2) is 4.39 Å². The molecule has 1 saturated heterocycles. The van der Waals surface area contributed by atoms with E-state index in [1.165, 1.54) is 24.4 Å². The van der Waals surface area contributed by atoms with Crippen LogP contribution in [0.3, 0.4) is 0 Å². The normalized spacial score (nSPS) is 16.4. The van der Waals surface area contributed by atoms with Gasteiger partial charge in [-0.3, -0.25) is 14.7 Å². The summed E-state index contributed by atoms with van der Waals surface area (Å²) in [6.07, 6.45) is 4.08. The molecule has 9 heteroatoms. The van der Waals surface area contributed by atoms with Crippen molar-refractivity contribution < 1.29 is 18.7 Å². The van der Waals surface area contributed by atoms with Gasteiger partial charge in [0.25, 0.3) is 11.8 Å². The molecule has 0 spiro atoms. The summed E-state index contributed by atoms with van der Waals surface area (Å²) in [5.74, 6) is -0.534. The molecule has 7 nitrogen and oxygen atoms in total. The Labute approximate surface area is 180 Å². The maximum absolute atomic E-state index is 13.3. The van der Waals surface area contributed by atoms with Crippen molar-refractivity contribution in [3.8, 4) is 5.75 Å². The largest absolute Gasteiger partial charge is 0.484 e. The number of amides is 2. The quantitative estimate of drug-likeness (QED) is 0.715. The van der Waals surface area contributed by atoms with Crippen LogP contribution in [0.2, 0.25) is 5.02 Å². The van der Waals surface area contributed by atoms with Crippen molar-refractivity contribution in [2.24, 2.45) is 0 Å². The fourth-order valence-corrected chi connectivity index (χ4v) is 3.90. The summed E-state index contributed by atoms with van der Waals surface area (Å²) in [6, 6.07) is 3.69. The van der Waals surface area contributed by atoms with E-state index in [0.717, 1.165) is 19.3 Å². The molecular formula is C21H26ClFN4O3. The number of carbonyl (C=O) groups is 2. The number of nitrogens with zero attached hydrogens (tertiary/aromatic N) is 3. The van der Waals surface area contributed by atoms with E-state index in [1.54, 1.807) is 9.80 Å². The fourth-order valence-electron chi connectivity index (χ4n) is 3.73. The molecular weight excluding hydrogens is 411 g/mol. The topological polar surface area (TPSA) is 78.5 Å². The van der Waals surface area contributed by atoms with Crippen molar-refractivity contribution in [3.63, 3.8) is 0 Å². The lowest BCUT2D eigenvalue weighted by atomic mass is 9.96. The highest BCUT2D eigenvalue weighted by molar-refractivity contribution is 6.30.